The first-order valence-corrected chi connectivity index (χ1v) is 15.4. The van der Waals surface area contributed by atoms with E-state index in [0.717, 1.165) is 50.5 Å². The second-order valence-electron chi connectivity index (χ2n) is 15.9. The molecule has 2 amide bonds. The highest BCUT2D eigenvalue weighted by atomic mass is 16.2. The van der Waals surface area contributed by atoms with Crippen LogP contribution in [0.4, 0.5) is 4.79 Å². The zero-order valence-electron chi connectivity index (χ0n) is 28.3. The van der Waals surface area contributed by atoms with E-state index in [1.54, 1.807) is 32.0 Å². The molecule has 6 heteroatoms. The Morgan fingerprint density at radius 2 is 1.63 bits per heavy atom. The highest BCUT2D eigenvalue weighted by molar-refractivity contribution is 6.04. The summed E-state index contributed by atoms with van der Waals surface area (Å²) in [5.41, 5.74) is -0.860. The Hall–Kier alpha value is -2.42. The Morgan fingerprint density at radius 3 is 2.12 bits per heavy atom. The highest BCUT2D eigenvalue weighted by Gasteiger charge is 2.61. The maximum absolute atomic E-state index is 13.2. The maximum atomic E-state index is 13.2. The van der Waals surface area contributed by atoms with Gasteiger partial charge in [0.25, 0.3) is 0 Å². The molecule has 2 rings (SSSR count). The van der Waals surface area contributed by atoms with E-state index in [1.807, 2.05) is 19.9 Å². The molecule has 41 heavy (non-hydrogen) atoms. The number of hydrogen-bond acceptors (Lipinski definition) is 4. The average Bonchev–Trinajstić information content (AvgIpc) is 2.86. The molecule has 1 saturated carbocycles. The minimum Gasteiger partial charge on any atom is -0.333 e. The molecule has 0 heterocycles. The lowest BCUT2D eigenvalue weighted by Gasteiger charge is -2.61. The maximum Gasteiger partial charge on any atom is 0.317 e. The van der Waals surface area contributed by atoms with Gasteiger partial charge in [0.2, 0.25) is 0 Å². The van der Waals surface area contributed by atoms with E-state index in [-0.39, 0.29) is 50.9 Å². The standard InChI is InChI=1S/C35H57N3O3/c1-14-30(3,4)17-19-33(9,37-29(41)38(12)13)20-18-31(5,6)35(11)16-15-26-32(7,8)28(40)25(23-36)22-34(26,10)27(35)21-24(2)39/h21-22,26H,14-20H2,1-13H3,(H,37,41)/b27-21-/t26-,33-,34-,35+/m0/s1. The van der Waals surface area contributed by atoms with Crippen molar-refractivity contribution in [1.29, 1.82) is 5.26 Å². The topological polar surface area (TPSA) is 90.3 Å². The lowest BCUT2D eigenvalue weighted by Crippen LogP contribution is -2.56. The first kappa shape index (κ1) is 34.8. The van der Waals surface area contributed by atoms with Crippen LogP contribution in [0.1, 0.15) is 121 Å². The predicted octanol–water partition coefficient (Wildman–Crippen LogP) is 8.04. The second kappa shape index (κ2) is 11.7. The number of carbonyl (C=O) groups excluding carboxylic acids is 3. The van der Waals surface area contributed by atoms with Crippen molar-refractivity contribution in [1.82, 2.24) is 10.2 Å². The summed E-state index contributed by atoms with van der Waals surface area (Å²) < 4.78 is 0. The van der Waals surface area contributed by atoms with Gasteiger partial charge in [-0.05, 0) is 80.6 Å². The van der Waals surface area contributed by atoms with Crippen molar-refractivity contribution in [3.8, 4) is 6.07 Å². The molecule has 0 aromatic heterocycles. The number of urea groups is 1. The molecule has 4 atom stereocenters. The van der Waals surface area contributed by atoms with Crippen LogP contribution in [-0.2, 0) is 9.59 Å². The van der Waals surface area contributed by atoms with E-state index in [9.17, 15) is 19.6 Å². The largest absolute Gasteiger partial charge is 0.333 e. The number of nitrogens with one attached hydrogen (secondary N) is 1. The van der Waals surface area contributed by atoms with Gasteiger partial charge in [-0.2, -0.15) is 5.26 Å². The number of allylic oxidation sites excluding steroid dienone is 4. The fourth-order valence-electron chi connectivity index (χ4n) is 7.39. The van der Waals surface area contributed by atoms with Crippen LogP contribution in [0.3, 0.4) is 0 Å². The van der Waals surface area contributed by atoms with Crippen LogP contribution in [0.15, 0.2) is 23.3 Å². The Kier molecular flexibility index (Phi) is 9.92. The monoisotopic (exact) mass is 567 g/mol. The van der Waals surface area contributed by atoms with Gasteiger partial charge in [0.05, 0.1) is 5.57 Å². The van der Waals surface area contributed by atoms with E-state index in [2.05, 4.69) is 66.8 Å². The van der Waals surface area contributed by atoms with Gasteiger partial charge in [-0.15, -0.1) is 0 Å². The molecule has 0 saturated heterocycles. The van der Waals surface area contributed by atoms with Crippen molar-refractivity contribution < 1.29 is 14.4 Å². The summed E-state index contributed by atoms with van der Waals surface area (Å²) in [7, 11) is 3.54. The molecule has 0 aromatic rings. The van der Waals surface area contributed by atoms with Crippen molar-refractivity contribution in [3.63, 3.8) is 0 Å². The minimum atomic E-state index is -0.697. The van der Waals surface area contributed by atoms with Gasteiger partial charge in [-0.3, -0.25) is 9.59 Å². The van der Waals surface area contributed by atoms with Crippen molar-refractivity contribution in [3.05, 3.63) is 23.3 Å². The summed E-state index contributed by atoms with van der Waals surface area (Å²) >= 11 is 0. The van der Waals surface area contributed by atoms with Crippen LogP contribution < -0.4 is 5.32 Å². The van der Waals surface area contributed by atoms with E-state index in [0.29, 0.717) is 0 Å². The number of amides is 2. The van der Waals surface area contributed by atoms with E-state index in [1.165, 1.54) is 0 Å². The average molecular weight is 568 g/mol. The number of carbonyl (C=O) groups is 3. The Balaban J connectivity index is 2.56. The molecule has 0 bridgehead atoms. The number of hydrogen-bond donors (Lipinski definition) is 1. The molecule has 0 unspecified atom stereocenters. The smallest absolute Gasteiger partial charge is 0.317 e. The van der Waals surface area contributed by atoms with Crippen LogP contribution in [0, 0.1) is 44.3 Å². The summed E-state index contributed by atoms with van der Waals surface area (Å²) in [6.07, 6.45) is 9.92. The summed E-state index contributed by atoms with van der Waals surface area (Å²) in [5, 5.41) is 13.2. The minimum absolute atomic E-state index is 0.00463. The van der Waals surface area contributed by atoms with Crippen molar-refractivity contribution >= 4 is 17.6 Å². The number of rotatable bonds is 10. The number of nitrogens with zero attached hydrogens (tertiary/aromatic N) is 2. The predicted molar refractivity (Wildman–Crippen MR) is 167 cm³/mol. The molecule has 2 aliphatic rings. The molecular formula is C35H57N3O3. The van der Waals surface area contributed by atoms with E-state index < -0.39 is 10.8 Å². The summed E-state index contributed by atoms with van der Waals surface area (Å²) in [6.45, 7) is 23.4. The second-order valence-corrected chi connectivity index (χ2v) is 15.9. The molecule has 2 aliphatic carbocycles. The SMILES string of the molecule is CCC(C)(C)CC[C@@](C)(CCC(C)(C)[C@]1(C)CC[C@H]2C(C)(C)C(=O)C(C#N)=C[C@]2(C)/C1=C/C(C)=O)NC(=O)N(C)C. The third kappa shape index (κ3) is 6.81. The van der Waals surface area contributed by atoms with Gasteiger partial charge in [-0.1, -0.05) is 80.4 Å². The molecule has 1 fully saturated rings. The van der Waals surface area contributed by atoms with Crippen molar-refractivity contribution in [2.24, 2.45) is 33.0 Å². The lowest BCUT2D eigenvalue weighted by atomic mass is 9.42. The van der Waals surface area contributed by atoms with Crippen LogP contribution in [0.2, 0.25) is 0 Å². The van der Waals surface area contributed by atoms with Gasteiger partial charge in [0, 0.05) is 30.5 Å². The number of fused-ring (bicyclic) bond motifs is 1. The number of ketones is 2. The Bertz CT molecular complexity index is 1150. The first-order valence-electron chi connectivity index (χ1n) is 15.4. The number of Topliss-reactive ketones (excluding diaryl/α,β-unsaturated/α-hetero) is 1. The summed E-state index contributed by atoms with van der Waals surface area (Å²) in [4.78, 5) is 40.5. The third-order valence-corrected chi connectivity index (χ3v) is 11.4. The summed E-state index contributed by atoms with van der Waals surface area (Å²) in [6, 6.07) is 2.08. The fourth-order valence-corrected chi connectivity index (χ4v) is 7.39. The van der Waals surface area contributed by atoms with Crippen LogP contribution in [0.5, 0.6) is 0 Å². The van der Waals surface area contributed by atoms with Gasteiger partial charge in [0.15, 0.2) is 11.6 Å². The Morgan fingerprint density at radius 1 is 1.07 bits per heavy atom. The normalized spacial score (nSPS) is 28.7. The molecule has 230 valence electrons. The molecule has 0 radical (unpaired) electrons. The zero-order valence-corrected chi connectivity index (χ0v) is 28.3. The first-order chi connectivity index (χ1) is 18.5. The number of nitriles is 1. The third-order valence-electron chi connectivity index (χ3n) is 11.4. The van der Waals surface area contributed by atoms with Gasteiger partial charge in [-0.25, -0.2) is 4.79 Å². The van der Waals surface area contributed by atoms with Crippen LogP contribution in [-0.4, -0.2) is 42.1 Å². The molecule has 1 N–H and O–H groups in total. The zero-order chi connectivity index (χ0) is 31.8. The molecule has 0 spiro atoms. The van der Waals surface area contributed by atoms with E-state index >= 15 is 0 Å². The Labute approximate surface area is 250 Å². The van der Waals surface area contributed by atoms with Gasteiger partial charge < -0.3 is 10.2 Å². The molecule has 0 aromatic carbocycles. The van der Waals surface area contributed by atoms with Gasteiger partial charge in [0.1, 0.15) is 6.07 Å². The van der Waals surface area contributed by atoms with Crippen LogP contribution in [0.25, 0.3) is 0 Å². The molecule has 0 aliphatic heterocycles. The molecular weight excluding hydrogens is 510 g/mol. The van der Waals surface area contributed by atoms with Gasteiger partial charge >= 0.3 is 6.03 Å². The fraction of sp³-hybridized carbons (Fsp3) is 0.771. The molecule has 6 nitrogen and oxygen atoms in total. The van der Waals surface area contributed by atoms with Crippen molar-refractivity contribution in [2.75, 3.05) is 14.1 Å². The van der Waals surface area contributed by atoms with Crippen LogP contribution >= 0.6 is 0 Å². The van der Waals surface area contributed by atoms with Crippen molar-refractivity contribution in [2.45, 2.75) is 127 Å². The highest BCUT2D eigenvalue weighted by Crippen LogP contribution is 2.67. The summed E-state index contributed by atoms with van der Waals surface area (Å²) in [5.74, 6) is -0.125. The van der Waals surface area contributed by atoms with E-state index in [4.69, 9.17) is 0 Å². The lowest BCUT2D eigenvalue weighted by molar-refractivity contribution is -0.131. The quantitative estimate of drug-likeness (QED) is 0.271.